The molecule has 20 heavy (non-hydrogen) atoms. The minimum Gasteiger partial charge on any atom is -0.486 e. The summed E-state index contributed by atoms with van der Waals surface area (Å²) in [6, 6.07) is 5.92. The second-order valence-corrected chi connectivity index (χ2v) is 4.88. The molecule has 0 radical (unpaired) electrons. The zero-order valence-electron chi connectivity index (χ0n) is 11.6. The van der Waals surface area contributed by atoms with Gasteiger partial charge in [-0.2, -0.15) is 0 Å². The Morgan fingerprint density at radius 3 is 2.85 bits per heavy atom. The normalized spacial score (nSPS) is 15.1. The second-order valence-electron chi connectivity index (χ2n) is 4.88. The highest BCUT2D eigenvalue weighted by molar-refractivity contribution is 5.63. The summed E-state index contributed by atoms with van der Waals surface area (Å²) in [6.07, 6.45) is 2.82. The fourth-order valence-electron chi connectivity index (χ4n) is 2.37. The van der Waals surface area contributed by atoms with Gasteiger partial charge in [-0.1, -0.05) is 6.92 Å². The van der Waals surface area contributed by atoms with Gasteiger partial charge in [0.2, 0.25) is 0 Å². The van der Waals surface area contributed by atoms with Crippen molar-refractivity contribution in [3.63, 3.8) is 0 Å². The third kappa shape index (κ3) is 2.36. The molecule has 5 heteroatoms. The summed E-state index contributed by atoms with van der Waals surface area (Å²) in [6.45, 7) is 3.92. The third-order valence-electron chi connectivity index (χ3n) is 3.61. The van der Waals surface area contributed by atoms with Crippen LogP contribution in [0.2, 0.25) is 0 Å². The van der Waals surface area contributed by atoms with Gasteiger partial charge in [0.05, 0.1) is 11.9 Å². The SMILES string of the molecule is CCC(CN)c1ncc(-c2ccc3c(c2)OCCO3)[nH]1. The van der Waals surface area contributed by atoms with E-state index in [0.717, 1.165) is 35.0 Å². The lowest BCUT2D eigenvalue weighted by Gasteiger charge is -2.18. The van der Waals surface area contributed by atoms with Gasteiger partial charge in [0.1, 0.15) is 19.0 Å². The quantitative estimate of drug-likeness (QED) is 0.896. The van der Waals surface area contributed by atoms with Gasteiger partial charge < -0.3 is 20.2 Å². The summed E-state index contributed by atoms with van der Waals surface area (Å²) in [5.41, 5.74) is 7.78. The molecule has 0 amide bonds. The van der Waals surface area contributed by atoms with E-state index in [4.69, 9.17) is 15.2 Å². The zero-order valence-corrected chi connectivity index (χ0v) is 11.6. The van der Waals surface area contributed by atoms with E-state index in [9.17, 15) is 0 Å². The van der Waals surface area contributed by atoms with E-state index in [1.807, 2.05) is 24.4 Å². The highest BCUT2D eigenvalue weighted by atomic mass is 16.6. The van der Waals surface area contributed by atoms with Crippen molar-refractivity contribution < 1.29 is 9.47 Å². The summed E-state index contributed by atoms with van der Waals surface area (Å²) < 4.78 is 11.1. The van der Waals surface area contributed by atoms with Crippen LogP contribution in [0.5, 0.6) is 11.5 Å². The molecule has 1 aromatic carbocycles. The fraction of sp³-hybridized carbons (Fsp3) is 0.400. The molecule has 0 fully saturated rings. The van der Waals surface area contributed by atoms with Gasteiger partial charge in [-0.25, -0.2) is 4.98 Å². The van der Waals surface area contributed by atoms with Crippen LogP contribution < -0.4 is 15.2 Å². The van der Waals surface area contributed by atoms with E-state index in [2.05, 4.69) is 16.9 Å². The van der Waals surface area contributed by atoms with Crippen molar-refractivity contribution in [1.29, 1.82) is 0 Å². The Kier molecular flexibility index (Phi) is 3.60. The summed E-state index contributed by atoms with van der Waals surface area (Å²) >= 11 is 0. The molecule has 0 bridgehead atoms. The van der Waals surface area contributed by atoms with Gasteiger partial charge in [-0.15, -0.1) is 0 Å². The Morgan fingerprint density at radius 2 is 2.10 bits per heavy atom. The van der Waals surface area contributed by atoms with E-state index in [-0.39, 0.29) is 5.92 Å². The number of nitrogens with one attached hydrogen (secondary N) is 1. The minimum absolute atomic E-state index is 0.279. The topological polar surface area (TPSA) is 73.2 Å². The molecular weight excluding hydrogens is 254 g/mol. The Labute approximate surface area is 118 Å². The summed E-state index contributed by atoms with van der Waals surface area (Å²) in [7, 11) is 0. The molecule has 0 saturated heterocycles. The van der Waals surface area contributed by atoms with Gasteiger partial charge >= 0.3 is 0 Å². The predicted molar refractivity (Wildman–Crippen MR) is 77.1 cm³/mol. The van der Waals surface area contributed by atoms with Crippen LogP contribution in [0.4, 0.5) is 0 Å². The van der Waals surface area contributed by atoms with Gasteiger partial charge in [-0.3, -0.25) is 0 Å². The number of aromatic nitrogens is 2. The molecule has 1 aliphatic heterocycles. The molecule has 3 rings (SSSR count). The molecule has 0 aliphatic carbocycles. The molecule has 0 spiro atoms. The average molecular weight is 273 g/mol. The Bertz CT molecular complexity index is 591. The first kappa shape index (κ1) is 13.0. The summed E-state index contributed by atoms with van der Waals surface area (Å²) in [5.74, 6) is 2.81. The maximum Gasteiger partial charge on any atom is 0.162 e. The number of hydrogen-bond acceptors (Lipinski definition) is 4. The smallest absolute Gasteiger partial charge is 0.162 e. The van der Waals surface area contributed by atoms with Crippen molar-refractivity contribution in [3.05, 3.63) is 30.2 Å². The van der Waals surface area contributed by atoms with Crippen LogP contribution in [0, 0.1) is 0 Å². The van der Waals surface area contributed by atoms with Crippen molar-refractivity contribution in [2.75, 3.05) is 19.8 Å². The van der Waals surface area contributed by atoms with Crippen LogP contribution in [0.1, 0.15) is 25.1 Å². The predicted octanol–water partition coefficient (Wildman–Crippen LogP) is 2.30. The van der Waals surface area contributed by atoms with Crippen molar-refractivity contribution in [2.24, 2.45) is 5.73 Å². The summed E-state index contributed by atoms with van der Waals surface area (Å²) in [4.78, 5) is 7.79. The van der Waals surface area contributed by atoms with Crippen molar-refractivity contribution >= 4 is 0 Å². The molecule has 1 aliphatic rings. The van der Waals surface area contributed by atoms with Crippen molar-refractivity contribution in [2.45, 2.75) is 19.3 Å². The molecule has 0 saturated carbocycles. The highest BCUT2D eigenvalue weighted by Crippen LogP contribution is 2.34. The lowest BCUT2D eigenvalue weighted by molar-refractivity contribution is 0.171. The van der Waals surface area contributed by atoms with Crippen molar-refractivity contribution in [3.8, 4) is 22.8 Å². The molecule has 2 heterocycles. The largest absolute Gasteiger partial charge is 0.486 e. The first-order valence-electron chi connectivity index (χ1n) is 6.96. The third-order valence-corrected chi connectivity index (χ3v) is 3.61. The number of rotatable bonds is 4. The second kappa shape index (κ2) is 5.54. The molecular formula is C15H19N3O2. The van der Waals surface area contributed by atoms with E-state index in [0.29, 0.717) is 19.8 Å². The molecule has 1 atom stereocenters. The van der Waals surface area contributed by atoms with E-state index in [1.54, 1.807) is 0 Å². The average Bonchev–Trinajstić information content (AvgIpc) is 2.98. The Hall–Kier alpha value is -2.01. The monoisotopic (exact) mass is 273 g/mol. The molecule has 5 nitrogen and oxygen atoms in total. The van der Waals surface area contributed by atoms with E-state index < -0.39 is 0 Å². The molecule has 106 valence electrons. The number of nitrogens with zero attached hydrogens (tertiary/aromatic N) is 1. The van der Waals surface area contributed by atoms with Crippen molar-refractivity contribution in [1.82, 2.24) is 9.97 Å². The zero-order chi connectivity index (χ0) is 13.9. The number of H-pyrrole nitrogens is 1. The fourth-order valence-corrected chi connectivity index (χ4v) is 2.37. The van der Waals surface area contributed by atoms with Crippen LogP contribution >= 0.6 is 0 Å². The Morgan fingerprint density at radius 1 is 1.30 bits per heavy atom. The standard InChI is InChI=1S/C15H19N3O2/c1-2-10(8-16)15-17-9-12(18-15)11-3-4-13-14(7-11)20-6-5-19-13/h3-4,7,9-10H,2,5-6,8,16H2,1H3,(H,17,18). The number of fused-ring (bicyclic) bond motifs is 1. The number of aromatic amines is 1. The number of ether oxygens (including phenoxy) is 2. The maximum atomic E-state index is 5.76. The van der Waals surface area contributed by atoms with Gasteiger partial charge in [0.25, 0.3) is 0 Å². The van der Waals surface area contributed by atoms with E-state index >= 15 is 0 Å². The molecule has 1 unspecified atom stereocenters. The number of benzene rings is 1. The molecule has 2 aromatic rings. The van der Waals surface area contributed by atoms with Crippen LogP contribution in [-0.4, -0.2) is 29.7 Å². The molecule has 3 N–H and O–H groups in total. The van der Waals surface area contributed by atoms with Crippen LogP contribution in [0.25, 0.3) is 11.3 Å². The highest BCUT2D eigenvalue weighted by Gasteiger charge is 2.15. The van der Waals surface area contributed by atoms with E-state index in [1.165, 1.54) is 0 Å². The number of nitrogens with two attached hydrogens (primary N) is 1. The first-order chi connectivity index (χ1) is 9.81. The molecule has 1 aromatic heterocycles. The number of hydrogen-bond donors (Lipinski definition) is 2. The van der Waals surface area contributed by atoms with Gasteiger partial charge in [0, 0.05) is 18.0 Å². The van der Waals surface area contributed by atoms with Gasteiger partial charge in [-0.05, 0) is 24.6 Å². The Balaban J connectivity index is 1.89. The lowest BCUT2D eigenvalue weighted by Crippen LogP contribution is -2.15. The first-order valence-corrected chi connectivity index (χ1v) is 6.96. The lowest BCUT2D eigenvalue weighted by atomic mass is 10.1. The van der Waals surface area contributed by atoms with Crippen LogP contribution in [-0.2, 0) is 0 Å². The van der Waals surface area contributed by atoms with Crippen LogP contribution in [0.3, 0.4) is 0 Å². The van der Waals surface area contributed by atoms with Crippen LogP contribution in [0.15, 0.2) is 24.4 Å². The number of imidazole rings is 1. The van der Waals surface area contributed by atoms with Gasteiger partial charge in [0.15, 0.2) is 11.5 Å². The maximum absolute atomic E-state index is 5.76. The summed E-state index contributed by atoms with van der Waals surface area (Å²) in [5, 5.41) is 0. The minimum atomic E-state index is 0.279.